The number of aromatic nitrogens is 1. The minimum absolute atomic E-state index is 0.125. The van der Waals surface area contributed by atoms with E-state index in [0.29, 0.717) is 10.9 Å². The van der Waals surface area contributed by atoms with Gasteiger partial charge in [0.15, 0.2) is 5.11 Å². The number of nitrogens with one attached hydrogen (secondary N) is 1. The minimum atomic E-state index is -0.963. The number of carboxylic acids is 1. The summed E-state index contributed by atoms with van der Waals surface area (Å²) >= 11 is 5.63. The number of hydrogen-bond acceptors (Lipinski definition) is 4. The largest absolute Gasteiger partial charge is 0.478 e. The maximum absolute atomic E-state index is 11.3. The highest BCUT2D eigenvalue weighted by Gasteiger charge is 2.41. The zero-order chi connectivity index (χ0) is 21.1. The lowest BCUT2D eigenvalue weighted by atomic mass is 10.0. The van der Waals surface area contributed by atoms with Crippen molar-refractivity contribution in [1.29, 1.82) is 0 Å². The first-order valence-electron chi connectivity index (χ1n) is 10.00. The van der Waals surface area contributed by atoms with Gasteiger partial charge < -0.3 is 19.7 Å². The summed E-state index contributed by atoms with van der Waals surface area (Å²) in [5.41, 5.74) is 1.85. The molecule has 0 spiro atoms. The van der Waals surface area contributed by atoms with Gasteiger partial charge in [-0.2, -0.15) is 0 Å². The van der Waals surface area contributed by atoms with E-state index in [1.54, 1.807) is 24.4 Å². The molecule has 1 saturated heterocycles. The molecule has 2 N–H and O–H groups in total. The first kappa shape index (κ1) is 20.1. The smallest absolute Gasteiger partial charge is 0.335 e. The van der Waals surface area contributed by atoms with E-state index < -0.39 is 5.97 Å². The summed E-state index contributed by atoms with van der Waals surface area (Å²) in [6, 6.07) is 16.2. The van der Waals surface area contributed by atoms with Crippen LogP contribution in [0.25, 0.3) is 11.3 Å². The molecule has 3 heterocycles. The Morgan fingerprint density at radius 2 is 2.10 bits per heavy atom. The predicted molar refractivity (Wildman–Crippen MR) is 118 cm³/mol. The standard InChI is InChI=1S/C23H23N3O3S/c1-2-3-13-26-21(20(25-23(26)30)17-9-4-5-12-24-17)19-11-10-18(29-19)15-7-6-8-16(14-15)22(27)28/h4-12,14,20-21H,2-3,13H2,1H3,(H,25,30)(H,27,28)/t20-,21+/m1/s1. The molecule has 0 amide bonds. The number of rotatable bonds is 7. The van der Waals surface area contributed by atoms with Crippen molar-refractivity contribution < 1.29 is 14.3 Å². The molecular weight excluding hydrogens is 398 g/mol. The normalized spacial score (nSPS) is 18.4. The zero-order valence-electron chi connectivity index (χ0n) is 16.6. The Kier molecular flexibility index (Phi) is 5.81. The van der Waals surface area contributed by atoms with Crippen molar-refractivity contribution in [1.82, 2.24) is 15.2 Å². The summed E-state index contributed by atoms with van der Waals surface area (Å²) in [5, 5.41) is 13.4. The van der Waals surface area contributed by atoms with Crippen LogP contribution < -0.4 is 5.32 Å². The SMILES string of the molecule is CCCCN1C(=S)N[C@H](c2ccccn2)[C@@H]1c1ccc(-c2cccc(C(=O)O)c2)o1. The zero-order valence-corrected chi connectivity index (χ0v) is 17.4. The van der Waals surface area contributed by atoms with Crippen LogP contribution in [0.2, 0.25) is 0 Å². The number of pyridine rings is 1. The van der Waals surface area contributed by atoms with E-state index in [1.165, 1.54) is 0 Å². The summed E-state index contributed by atoms with van der Waals surface area (Å²) < 4.78 is 6.24. The number of thiocarbonyl (C=S) groups is 1. The van der Waals surface area contributed by atoms with Gasteiger partial charge in [0.05, 0.1) is 17.3 Å². The van der Waals surface area contributed by atoms with E-state index in [4.69, 9.17) is 16.6 Å². The van der Waals surface area contributed by atoms with Crippen molar-refractivity contribution in [3.63, 3.8) is 0 Å². The molecule has 0 aliphatic carbocycles. The predicted octanol–water partition coefficient (Wildman–Crippen LogP) is 4.81. The third kappa shape index (κ3) is 3.93. The van der Waals surface area contributed by atoms with Crippen LogP contribution in [-0.2, 0) is 0 Å². The fraction of sp³-hybridized carbons (Fsp3) is 0.261. The van der Waals surface area contributed by atoms with Crippen LogP contribution in [0, 0.1) is 0 Å². The van der Waals surface area contributed by atoms with Gasteiger partial charge in [-0.3, -0.25) is 4.98 Å². The first-order chi connectivity index (χ1) is 14.6. The van der Waals surface area contributed by atoms with E-state index in [9.17, 15) is 9.90 Å². The summed E-state index contributed by atoms with van der Waals surface area (Å²) in [6.45, 7) is 2.97. The van der Waals surface area contributed by atoms with Gasteiger partial charge in [-0.05, 0) is 55.0 Å². The van der Waals surface area contributed by atoms with Gasteiger partial charge in [-0.25, -0.2) is 4.79 Å². The Hall–Kier alpha value is -3.19. The van der Waals surface area contributed by atoms with E-state index >= 15 is 0 Å². The van der Waals surface area contributed by atoms with Crippen LogP contribution in [0.5, 0.6) is 0 Å². The second-order valence-electron chi connectivity index (χ2n) is 7.26. The summed E-state index contributed by atoms with van der Waals surface area (Å²) in [6.07, 6.45) is 3.85. The van der Waals surface area contributed by atoms with Gasteiger partial charge in [-0.15, -0.1) is 0 Å². The molecule has 6 nitrogen and oxygen atoms in total. The summed E-state index contributed by atoms with van der Waals surface area (Å²) in [4.78, 5) is 18.0. The average Bonchev–Trinajstić information content (AvgIpc) is 3.37. The maximum atomic E-state index is 11.3. The number of aromatic carboxylic acids is 1. The van der Waals surface area contributed by atoms with E-state index in [2.05, 4.69) is 22.1 Å². The molecule has 0 saturated carbocycles. The molecule has 2 aromatic heterocycles. The number of unbranched alkanes of at least 4 members (excludes halogenated alkanes) is 1. The van der Waals surface area contributed by atoms with Gasteiger partial charge in [0.1, 0.15) is 17.6 Å². The molecule has 1 aliphatic heterocycles. The second-order valence-corrected chi connectivity index (χ2v) is 7.65. The number of carboxylic acid groups (broad SMARTS) is 1. The van der Waals surface area contributed by atoms with Gasteiger partial charge in [-0.1, -0.05) is 31.5 Å². The fourth-order valence-corrected chi connectivity index (χ4v) is 4.09. The number of benzene rings is 1. The minimum Gasteiger partial charge on any atom is -0.478 e. The molecule has 0 radical (unpaired) electrons. The Morgan fingerprint density at radius 1 is 1.23 bits per heavy atom. The summed E-state index contributed by atoms with van der Waals surface area (Å²) in [5.74, 6) is 0.431. The lowest BCUT2D eigenvalue weighted by molar-refractivity contribution is 0.0697. The molecule has 154 valence electrons. The molecule has 4 rings (SSSR count). The molecule has 30 heavy (non-hydrogen) atoms. The Morgan fingerprint density at radius 3 is 2.83 bits per heavy atom. The highest BCUT2D eigenvalue weighted by molar-refractivity contribution is 7.80. The molecule has 1 aromatic carbocycles. The highest BCUT2D eigenvalue weighted by atomic mass is 32.1. The third-order valence-electron chi connectivity index (χ3n) is 5.26. The van der Waals surface area contributed by atoms with Crippen LogP contribution in [0.3, 0.4) is 0 Å². The number of carbonyl (C=O) groups is 1. The van der Waals surface area contributed by atoms with Gasteiger partial charge in [0.2, 0.25) is 0 Å². The quantitative estimate of drug-likeness (QED) is 0.530. The Balaban J connectivity index is 1.71. The van der Waals surface area contributed by atoms with Crippen molar-refractivity contribution in [3.8, 4) is 11.3 Å². The molecule has 0 bridgehead atoms. The van der Waals surface area contributed by atoms with Crippen LogP contribution in [0.4, 0.5) is 0 Å². The number of hydrogen-bond donors (Lipinski definition) is 2. The molecule has 1 fully saturated rings. The lowest BCUT2D eigenvalue weighted by Crippen LogP contribution is -2.30. The van der Waals surface area contributed by atoms with Crippen molar-refractivity contribution in [2.24, 2.45) is 0 Å². The van der Waals surface area contributed by atoms with Crippen LogP contribution >= 0.6 is 12.2 Å². The summed E-state index contributed by atoms with van der Waals surface area (Å²) in [7, 11) is 0. The second kappa shape index (κ2) is 8.67. The van der Waals surface area contributed by atoms with Crippen molar-refractivity contribution in [2.75, 3.05) is 6.54 Å². The van der Waals surface area contributed by atoms with Gasteiger partial charge in [0.25, 0.3) is 0 Å². The van der Waals surface area contributed by atoms with E-state index in [1.807, 2.05) is 36.4 Å². The Bertz CT molecular complexity index is 1050. The van der Waals surface area contributed by atoms with Crippen molar-refractivity contribution in [2.45, 2.75) is 31.8 Å². The number of furan rings is 1. The fourth-order valence-electron chi connectivity index (χ4n) is 3.76. The van der Waals surface area contributed by atoms with E-state index in [-0.39, 0.29) is 17.6 Å². The molecular formula is C23H23N3O3S. The number of nitrogens with zero attached hydrogens (tertiary/aromatic N) is 2. The topological polar surface area (TPSA) is 78.6 Å². The highest BCUT2D eigenvalue weighted by Crippen LogP contribution is 2.40. The van der Waals surface area contributed by atoms with Gasteiger partial charge >= 0.3 is 5.97 Å². The van der Waals surface area contributed by atoms with E-state index in [0.717, 1.165) is 36.4 Å². The van der Waals surface area contributed by atoms with Crippen molar-refractivity contribution >= 4 is 23.3 Å². The van der Waals surface area contributed by atoms with Gasteiger partial charge in [0, 0.05) is 18.3 Å². The maximum Gasteiger partial charge on any atom is 0.335 e. The molecule has 7 heteroatoms. The average molecular weight is 422 g/mol. The third-order valence-corrected chi connectivity index (χ3v) is 5.62. The molecule has 3 aromatic rings. The lowest BCUT2D eigenvalue weighted by Gasteiger charge is -2.25. The van der Waals surface area contributed by atoms with Crippen LogP contribution in [-0.4, -0.2) is 32.6 Å². The van der Waals surface area contributed by atoms with Crippen molar-refractivity contribution in [3.05, 3.63) is 77.8 Å². The Labute approximate surface area is 180 Å². The first-order valence-corrected chi connectivity index (χ1v) is 10.4. The van der Waals surface area contributed by atoms with Crippen LogP contribution in [0.15, 0.2) is 65.2 Å². The molecule has 0 unspecified atom stereocenters. The molecule has 2 atom stereocenters. The molecule has 1 aliphatic rings. The monoisotopic (exact) mass is 421 g/mol. The van der Waals surface area contributed by atoms with Crippen LogP contribution in [0.1, 0.15) is 53.7 Å².